The van der Waals surface area contributed by atoms with Crippen LogP contribution in [0.2, 0.25) is 10.0 Å². The van der Waals surface area contributed by atoms with E-state index in [1.54, 1.807) is 55.5 Å². The van der Waals surface area contributed by atoms with Crippen LogP contribution >= 0.6 is 23.2 Å². The monoisotopic (exact) mass is 695 g/mol. The van der Waals surface area contributed by atoms with Crippen molar-refractivity contribution in [2.24, 2.45) is 5.92 Å². The summed E-state index contributed by atoms with van der Waals surface area (Å²) in [5, 5.41) is 3.88. The van der Waals surface area contributed by atoms with E-state index in [-0.39, 0.29) is 42.0 Å². The van der Waals surface area contributed by atoms with E-state index in [4.69, 9.17) is 27.9 Å². The van der Waals surface area contributed by atoms with Crippen molar-refractivity contribution in [2.45, 2.75) is 44.7 Å². The summed E-state index contributed by atoms with van der Waals surface area (Å²) in [7, 11) is -4.32. The molecule has 47 heavy (non-hydrogen) atoms. The maximum absolute atomic E-state index is 14.6. The summed E-state index contributed by atoms with van der Waals surface area (Å²) in [5.41, 5.74) is 1.76. The Morgan fingerprint density at radius 2 is 1.40 bits per heavy atom. The smallest absolute Gasteiger partial charge is 0.264 e. The van der Waals surface area contributed by atoms with Gasteiger partial charge in [0, 0.05) is 29.6 Å². The highest BCUT2D eigenvalue weighted by atomic mass is 35.5. The van der Waals surface area contributed by atoms with Crippen molar-refractivity contribution < 1.29 is 22.7 Å². The molecule has 4 aromatic carbocycles. The molecule has 8 nitrogen and oxygen atoms in total. The lowest BCUT2D eigenvalue weighted by Gasteiger charge is -2.34. The third-order valence-corrected chi connectivity index (χ3v) is 9.61. The van der Waals surface area contributed by atoms with Gasteiger partial charge in [0.15, 0.2) is 0 Å². The van der Waals surface area contributed by atoms with Gasteiger partial charge in [-0.1, -0.05) is 91.6 Å². The van der Waals surface area contributed by atoms with Crippen molar-refractivity contribution in [3.8, 4) is 5.75 Å². The normalized spacial score (nSPS) is 12.0. The first kappa shape index (κ1) is 35.8. The first-order chi connectivity index (χ1) is 22.5. The Bertz CT molecular complexity index is 1730. The molecule has 11 heteroatoms. The lowest BCUT2D eigenvalue weighted by Crippen LogP contribution is -2.53. The molecule has 0 aliphatic rings. The molecule has 0 radical (unpaired) electrons. The summed E-state index contributed by atoms with van der Waals surface area (Å²) in [6.07, 6.45) is 0.212. The lowest BCUT2D eigenvalue weighted by atomic mass is 10.0. The summed E-state index contributed by atoms with van der Waals surface area (Å²) in [5.74, 6) is -0.456. The molecule has 0 heterocycles. The molecular weight excluding hydrogens is 657 g/mol. The molecule has 0 unspecified atom stereocenters. The summed E-state index contributed by atoms with van der Waals surface area (Å²) in [6, 6.07) is 27.8. The molecule has 0 aliphatic heterocycles. The minimum atomic E-state index is -4.32. The predicted molar refractivity (Wildman–Crippen MR) is 187 cm³/mol. The van der Waals surface area contributed by atoms with E-state index < -0.39 is 28.5 Å². The van der Waals surface area contributed by atoms with Crippen LogP contribution in [0.25, 0.3) is 0 Å². The zero-order valence-corrected chi connectivity index (χ0v) is 28.9. The number of nitrogens with zero attached hydrogens (tertiary/aromatic N) is 2. The number of hydrogen-bond acceptors (Lipinski definition) is 5. The number of benzene rings is 4. The lowest BCUT2D eigenvalue weighted by molar-refractivity contribution is -0.140. The van der Waals surface area contributed by atoms with Crippen LogP contribution in [-0.4, -0.2) is 50.9 Å². The van der Waals surface area contributed by atoms with Gasteiger partial charge < -0.3 is 15.0 Å². The van der Waals surface area contributed by atoms with Crippen molar-refractivity contribution in [3.63, 3.8) is 0 Å². The minimum absolute atomic E-state index is 0.0323. The van der Waals surface area contributed by atoms with Crippen LogP contribution in [-0.2, 0) is 32.6 Å². The van der Waals surface area contributed by atoms with Crippen LogP contribution in [0.3, 0.4) is 0 Å². The van der Waals surface area contributed by atoms with Gasteiger partial charge in [-0.25, -0.2) is 8.42 Å². The molecule has 0 fully saturated rings. The molecule has 4 rings (SSSR count). The number of ether oxygens (including phenoxy) is 1. The van der Waals surface area contributed by atoms with E-state index >= 15 is 0 Å². The van der Waals surface area contributed by atoms with Gasteiger partial charge in [0.1, 0.15) is 18.3 Å². The van der Waals surface area contributed by atoms with Crippen molar-refractivity contribution in [3.05, 3.63) is 124 Å². The Hall–Kier alpha value is -4.05. The Kier molecular flexibility index (Phi) is 12.7. The summed E-state index contributed by atoms with van der Waals surface area (Å²) < 4.78 is 35.4. The number of para-hydroxylation sites is 2. The van der Waals surface area contributed by atoms with Gasteiger partial charge in [-0.15, -0.1) is 0 Å². The highest BCUT2D eigenvalue weighted by Gasteiger charge is 2.35. The molecule has 0 aromatic heterocycles. The molecule has 0 saturated heterocycles. The zero-order valence-electron chi connectivity index (χ0n) is 26.6. The molecule has 1 N–H and O–H groups in total. The number of anilines is 1. The number of hydrogen-bond donors (Lipinski definition) is 1. The minimum Gasteiger partial charge on any atom is -0.492 e. The third kappa shape index (κ3) is 9.73. The van der Waals surface area contributed by atoms with Crippen molar-refractivity contribution in [2.75, 3.05) is 24.0 Å². The van der Waals surface area contributed by atoms with Crippen LogP contribution in [0.5, 0.6) is 5.75 Å². The van der Waals surface area contributed by atoms with Gasteiger partial charge in [-0.3, -0.25) is 13.9 Å². The van der Waals surface area contributed by atoms with Crippen LogP contribution in [0.1, 0.15) is 31.9 Å². The Labute approximate surface area is 287 Å². The van der Waals surface area contributed by atoms with E-state index in [1.165, 1.54) is 29.2 Å². The van der Waals surface area contributed by atoms with Crippen molar-refractivity contribution in [1.29, 1.82) is 0 Å². The van der Waals surface area contributed by atoms with Gasteiger partial charge in [0.05, 0.1) is 17.2 Å². The van der Waals surface area contributed by atoms with E-state index in [1.807, 2.05) is 44.2 Å². The van der Waals surface area contributed by atoms with Gasteiger partial charge in [-0.05, 0) is 72.5 Å². The molecule has 0 spiro atoms. The second-order valence-electron chi connectivity index (χ2n) is 11.4. The zero-order chi connectivity index (χ0) is 34.0. The highest BCUT2D eigenvalue weighted by Crippen LogP contribution is 2.33. The molecule has 0 aliphatic carbocycles. The maximum Gasteiger partial charge on any atom is 0.264 e. The fourth-order valence-corrected chi connectivity index (χ4v) is 6.63. The molecule has 0 saturated carbocycles. The molecule has 4 aromatic rings. The average Bonchev–Trinajstić information content (AvgIpc) is 3.06. The van der Waals surface area contributed by atoms with E-state index in [9.17, 15) is 18.0 Å². The maximum atomic E-state index is 14.6. The summed E-state index contributed by atoms with van der Waals surface area (Å²) >= 11 is 12.2. The predicted octanol–water partition coefficient (Wildman–Crippen LogP) is 7.00. The van der Waals surface area contributed by atoms with Gasteiger partial charge >= 0.3 is 0 Å². The van der Waals surface area contributed by atoms with Crippen LogP contribution in [0.15, 0.2) is 108 Å². The largest absolute Gasteiger partial charge is 0.492 e. The number of carbonyl (C=O) groups excluding carboxylic acids is 2. The molecular formula is C36H39Cl2N3O5S. The standard InChI is InChI=1S/C36H39Cl2N3O5S/c1-4-46-34-13-9-8-12-32(34)41(47(44,45)31-20-18-30(38)19-21-31)25-35(42)40(24-28-14-16-29(37)17-15-28)33(36(43)39-23-26(2)3)22-27-10-6-5-7-11-27/h5-21,26,33H,4,22-25H2,1-3H3,(H,39,43)/t33-/m0/s1. The number of halogens is 2. The molecule has 0 bridgehead atoms. The number of sulfonamides is 1. The van der Waals surface area contributed by atoms with Crippen molar-refractivity contribution >= 4 is 50.7 Å². The van der Waals surface area contributed by atoms with E-state index in [2.05, 4.69) is 5.32 Å². The van der Waals surface area contributed by atoms with Crippen LogP contribution in [0, 0.1) is 5.92 Å². The number of nitrogens with one attached hydrogen (secondary N) is 1. The van der Waals surface area contributed by atoms with Gasteiger partial charge in [-0.2, -0.15) is 0 Å². The summed E-state index contributed by atoms with van der Waals surface area (Å²) in [6.45, 7) is 5.87. The second-order valence-corrected chi connectivity index (χ2v) is 14.1. The number of amides is 2. The van der Waals surface area contributed by atoms with Crippen molar-refractivity contribution in [1.82, 2.24) is 10.2 Å². The van der Waals surface area contributed by atoms with Crippen LogP contribution in [0.4, 0.5) is 5.69 Å². The van der Waals surface area contributed by atoms with Crippen LogP contribution < -0.4 is 14.4 Å². The fraction of sp³-hybridized carbons (Fsp3) is 0.278. The van der Waals surface area contributed by atoms with E-state index in [0.717, 1.165) is 15.4 Å². The fourth-order valence-electron chi connectivity index (χ4n) is 4.95. The first-order valence-corrected chi connectivity index (χ1v) is 17.5. The SMILES string of the molecule is CCOc1ccccc1N(CC(=O)N(Cc1ccc(Cl)cc1)[C@@H](Cc1ccccc1)C(=O)NCC(C)C)S(=O)(=O)c1ccc(Cl)cc1. The number of rotatable bonds is 15. The van der Waals surface area contributed by atoms with Gasteiger partial charge in [0.2, 0.25) is 11.8 Å². The van der Waals surface area contributed by atoms with Gasteiger partial charge in [0.25, 0.3) is 10.0 Å². The Morgan fingerprint density at radius 3 is 2.02 bits per heavy atom. The molecule has 2 amide bonds. The topological polar surface area (TPSA) is 96.0 Å². The molecule has 248 valence electrons. The quantitative estimate of drug-likeness (QED) is 0.145. The second kappa shape index (κ2) is 16.7. The number of carbonyl (C=O) groups is 2. The first-order valence-electron chi connectivity index (χ1n) is 15.3. The Balaban J connectivity index is 1.83. The highest BCUT2D eigenvalue weighted by molar-refractivity contribution is 7.92. The third-order valence-electron chi connectivity index (χ3n) is 7.34. The molecule has 1 atom stereocenters. The summed E-state index contributed by atoms with van der Waals surface area (Å²) in [4.78, 5) is 29.9. The average molecular weight is 697 g/mol. The Morgan fingerprint density at radius 1 is 0.809 bits per heavy atom. The van der Waals surface area contributed by atoms with E-state index in [0.29, 0.717) is 22.3 Å².